The number of sulfonamides is 1. The molecule has 21 heavy (non-hydrogen) atoms. The van der Waals surface area contributed by atoms with Crippen LogP contribution >= 0.6 is 23.5 Å². The predicted molar refractivity (Wildman–Crippen MR) is 90.6 cm³/mol. The number of hydrogen-bond donors (Lipinski definition) is 1. The van der Waals surface area contributed by atoms with Crippen molar-refractivity contribution in [2.45, 2.75) is 14.7 Å². The van der Waals surface area contributed by atoms with Crippen LogP contribution in [-0.4, -0.2) is 27.0 Å². The molecule has 0 bridgehead atoms. The average Bonchev–Trinajstić information content (AvgIpc) is 2.53. The van der Waals surface area contributed by atoms with Crippen molar-refractivity contribution in [3.63, 3.8) is 0 Å². The van der Waals surface area contributed by atoms with Crippen LogP contribution in [0.1, 0.15) is 0 Å². The van der Waals surface area contributed by atoms with Crippen molar-refractivity contribution < 1.29 is 8.42 Å². The van der Waals surface area contributed by atoms with E-state index in [0.29, 0.717) is 17.2 Å². The highest BCUT2D eigenvalue weighted by molar-refractivity contribution is 7.99. The molecular weight excluding hydrogens is 322 g/mol. The van der Waals surface area contributed by atoms with Gasteiger partial charge in [0.1, 0.15) is 0 Å². The summed E-state index contributed by atoms with van der Waals surface area (Å²) in [7, 11) is -3.41. The molecule has 0 radical (unpaired) electrons. The molecule has 0 aliphatic heterocycles. The van der Waals surface area contributed by atoms with E-state index in [1.165, 1.54) is 0 Å². The standard InChI is InChI=1S/C15H17NO2S3/c1-19-13-7-9-15(10-8-13)21(17,18)16-11-12-20-14-5-3-2-4-6-14/h2-10,16H,11-12H2,1H3. The third-order valence-electron chi connectivity index (χ3n) is 2.78. The van der Waals surface area contributed by atoms with E-state index < -0.39 is 10.0 Å². The molecule has 112 valence electrons. The molecule has 0 aromatic heterocycles. The summed E-state index contributed by atoms with van der Waals surface area (Å²) >= 11 is 3.22. The average molecular weight is 340 g/mol. The Kier molecular flexibility index (Phi) is 6.17. The van der Waals surface area contributed by atoms with Gasteiger partial charge in [-0.1, -0.05) is 18.2 Å². The highest BCUT2D eigenvalue weighted by Crippen LogP contribution is 2.18. The third-order valence-corrected chi connectivity index (χ3v) is 6.01. The number of benzene rings is 2. The van der Waals surface area contributed by atoms with Gasteiger partial charge < -0.3 is 0 Å². The molecule has 2 rings (SSSR count). The van der Waals surface area contributed by atoms with Gasteiger partial charge in [-0.3, -0.25) is 0 Å². The largest absolute Gasteiger partial charge is 0.240 e. The van der Waals surface area contributed by atoms with Crippen LogP contribution in [0.4, 0.5) is 0 Å². The van der Waals surface area contributed by atoms with Gasteiger partial charge in [-0.2, -0.15) is 0 Å². The van der Waals surface area contributed by atoms with Gasteiger partial charge in [0, 0.05) is 22.1 Å². The topological polar surface area (TPSA) is 46.2 Å². The first kappa shape index (κ1) is 16.4. The fraction of sp³-hybridized carbons (Fsp3) is 0.200. The second kappa shape index (κ2) is 7.89. The van der Waals surface area contributed by atoms with Gasteiger partial charge in [-0.25, -0.2) is 13.1 Å². The van der Waals surface area contributed by atoms with Gasteiger partial charge in [0.05, 0.1) is 4.90 Å². The lowest BCUT2D eigenvalue weighted by molar-refractivity contribution is 0.584. The minimum Gasteiger partial charge on any atom is -0.210 e. The minimum atomic E-state index is -3.41. The summed E-state index contributed by atoms with van der Waals surface area (Å²) in [5.41, 5.74) is 0. The molecule has 2 aromatic rings. The highest BCUT2D eigenvalue weighted by Gasteiger charge is 2.12. The smallest absolute Gasteiger partial charge is 0.210 e. The summed E-state index contributed by atoms with van der Waals surface area (Å²) in [6.07, 6.45) is 1.96. The molecule has 0 saturated heterocycles. The van der Waals surface area contributed by atoms with Crippen LogP contribution in [0, 0.1) is 0 Å². The Hall–Kier alpha value is -0.950. The highest BCUT2D eigenvalue weighted by atomic mass is 32.2. The van der Waals surface area contributed by atoms with E-state index in [2.05, 4.69) is 4.72 Å². The van der Waals surface area contributed by atoms with E-state index in [9.17, 15) is 8.42 Å². The van der Waals surface area contributed by atoms with E-state index in [1.54, 1.807) is 35.7 Å². The molecule has 0 amide bonds. The first-order valence-electron chi connectivity index (χ1n) is 6.43. The molecule has 0 heterocycles. The second-order valence-corrected chi connectivity index (χ2v) is 8.05. The third kappa shape index (κ3) is 5.07. The van der Waals surface area contributed by atoms with E-state index in [4.69, 9.17) is 0 Å². The number of rotatable bonds is 7. The summed E-state index contributed by atoms with van der Waals surface area (Å²) in [6.45, 7) is 0.409. The van der Waals surface area contributed by atoms with Crippen molar-refractivity contribution in [2.75, 3.05) is 18.6 Å². The van der Waals surface area contributed by atoms with Crippen molar-refractivity contribution >= 4 is 33.5 Å². The van der Waals surface area contributed by atoms with E-state index in [1.807, 2.05) is 48.7 Å². The van der Waals surface area contributed by atoms with Crippen LogP contribution in [0.3, 0.4) is 0 Å². The quantitative estimate of drug-likeness (QED) is 0.620. The first-order chi connectivity index (χ1) is 10.1. The zero-order valence-corrected chi connectivity index (χ0v) is 14.1. The van der Waals surface area contributed by atoms with Crippen LogP contribution in [0.2, 0.25) is 0 Å². The van der Waals surface area contributed by atoms with E-state index in [-0.39, 0.29) is 0 Å². The maximum atomic E-state index is 12.1. The molecule has 0 aliphatic carbocycles. The number of thioether (sulfide) groups is 2. The fourth-order valence-corrected chi connectivity index (χ4v) is 4.06. The van der Waals surface area contributed by atoms with Crippen molar-refractivity contribution in [3.05, 3.63) is 54.6 Å². The molecule has 0 spiro atoms. The summed E-state index contributed by atoms with van der Waals surface area (Å²) in [5, 5.41) is 0. The van der Waals surface area contributed by atoms with Crippen LogP contribution in [-0.2, 0) is 10.0 Å². The lowest BCUT2D eigenvalue weighted by Crippen LogP contribution is -2.25. The van der Waals surface area contributed by atoms with Gasteiger partial charge in [-0.15, -0.1) is 23.5 Å². The maximum absolute atomic E-state index is 12.1. The van der Waals surface area contributed by atoms with Gasteiger partial charge in [0.2, 0.25) is 10.0 Å². The first-order valence-corrected chi connectivity index (χ1v) is 10.1. The number of hydrogen-bond acceptors (Lipinski definition) is 4. The van der Waals surface area contributed by atoms with Crippen LogP contribution < -0.4 is 4.72 Å². The number of nitrogens with one attached hydrogen (secondary N) is 1. The molecule has 2 aromatic carbocycles. The Morgan fingerprint density at radius 3 is 2.24 bits per heavy atom. The summed E-state index contributed by atoms with van der Waals surface area (Å²) in [5.74, 6) is 0.701. The Morgan fingerprint density at radius 2 is 1.62 bits per heavy atom. The summed E-state index contributed by atoms with van der Waals surface area (Å²) in [4.78, 5) is 2.50. The van der Waals surface area contributed by atoms with E-state index >= 15 is 0 Å². The molecule has 6 heteroatoms. The van der Waals surface area contributed by atoms with Crippen LogP contribution in [0.5, 0.6) is 0 Å². The van der Waals surface area contributed by atoms with Gasteiger partial charge in [-0.05, 0) is 42.7 Å². The molecule has 0 fully saturated rings. The van der Waals surface area contributed by atoms with Crippen LogP contribution in [0.25, 0.3) is 0 Å². The van der Waals surface area contributed by atoms with Gasteiger partial charge in [0.15, 0.2) is 0 Å². The Bertz CT molecular complexity index is 655. The maximum Gasteiger partial charge on any atom is 0.240 e. The summed E-state index contributed by atoms with van der Waals surface area (Å²) in [6, 6.07) is 16.8. The molecular formula is C15H17NO2S3. The van der Waals surface area contributed by atoms with Crippen molar-refractivity contribution in [1.29, 1.82) is 0 Å². The Labute approximate surface area is 134 Å². The fourth-order valence-electron chi connectivity index (χ4n) is 1.70. The van der Waals surface area contributed by atoms with Crippen molar-refractivity contribution in [1.82, 2.24) is 4.72 Å². The monoisotopic (exact) mass is 339 g/mol. The zero-order chi connectivity index (χ0) is 15.1. The molecule has 0 unspecified atom stereocenters. The van der Waals surface area contributed by atoms with Crippen LogP contribution in [0.15, 0.2) is 69.3 Å². The Balaban J connectivity index is 1.86. The van der Waals surface area contributed by atoms with E-state index in [0.717, 1.165) is 9.79 Å². The molecule has 0 atom stereocenters. The predicted octanol–water partition coefficient (Wildman–Crippen LogP) is 3.48. The molecule has 3 nitrogen and oxygen atoms in total. The molecule has 0 saturated carbocycles. The molecule has 1 N–H and O–H groups in total. The molecule has 0 aliphatic rings. The lowest BCUT2D eigenvalue weighted by Gasteiger charge is -2.07. The SMILES string of the molecule is CSc1ccc(S(=O)(=O)NCCSc2ccccc2)cc1. The lowest BCUT2D eigenvalue weighted by atomic mass is 10.4. The van der Waals surface area contributed by atoms with Crippen molar-refractivity contribution in [3.8, 4) is 0 Å². The van der Waals surface area contributed by atoms with Crippen molar-refractivity contribution in [2.24, 2.45) is 0 Å². The van der Waals surface area contributed by atoms with Gasteiger partial charge >= 0.3 is 0 Å². The summed E-state index contributed by atoms with van der Waals surface area (Å²) < 4.78 is 26.9. The zero-order valence-electron chi connectivity index (χ0n) is 11.7. The Morgan fingerprint density at radius 1 is 0.952 bits per heavy atom. The van der Waals surface area contributed by atoms with Gasteiger partial charge in [0.25, 0.3) is 0 Å². The second-order valence-electron chi connectivity index (χ2n) is 4.23. The normalized spacial score (nSPS) is 11.5. The minimum absolute atomic E-state index is 0.310.